The number of alkyl halides is 3. The van der Waals surface area contributed by atoms with Gasteiger partial charge in [0.2, 0.25) is 0 Å². The molecule has 0 spiro atoms. The number of anilines is 1. The fourth-order valence-corrected chi connectivity index (χ4v) is 1.18. The van der Waals surface area contributed by atoms with E-state index in [0.29, 0.717) is 0 Å². The van der Waals surface area contributed by atoms with E-state index in [2.05, 4.69) is 0 Å². The second-order valence-electron chi connectivity index (χ2n) is 2.79. The fourth-order valence-electron chi connectivity index (χ4n) is 1.18. The zero-order chi connectivity index (χ0) is 12.5. The fraction of sp³-hybridized carbons (Fsp3) is 0.125. The topological polar surface area (TPSA) is 92.9 Å². The number of nitrogens with two attached hydrogens (primary N) is 1. The molecule has 0 atom stereocenters. The van der Waals surface area contributed by atoms with Gasteiger partial charge in [-0.05, 0) is 6.07 Å². The molecule has 0 unspecified atom stereocenters. The number of nitrogens with zero attached hydrogens (tertiary/aromatic N) is 2. The lowest BCUT2D eigenvalue weighted by Gasteiger charge is -2.11. The van der Waals surface area contributed by atoms with Crippen molar-refractivity contribution in [1.82, 2.24) is 0 Å². The van der Waals surface area contributed by atoms with Crippen molar-refractivity contribution in [3.8, 4) is 6.07 Å². The standard InChI is InChI=1S/C8H4F3N3O2/c9-8(10,11)7-4(3-12)6(14(15)16)2-1-5(7)13/h1-2H,13H2. The molecular formula is C8H4F3N3O2. The highest BCUT2D eigenvalue weighted by atomic mass is 19.4. The molecule has 0 aliphatic heterocycles. The molecule has 84 valence electrons. The Kier molecular flexibility index (Phi) is 2.72. The molecule has 0 heterocycles. The molecule has 2 N–H and O–H groups in total. The summed E-state index contributed by atoms with van der Waals surface area (Å²) in [5.74, 6) is 0. The Morgan fingerprint density at radius 2 is 2.00 bits per heavy atom. The molecule has 0 bridgehead atoms. The molecule has 16 heavy (non-hydrogen) atoms. The first-order valence-electron chi connectivity index (χ1n) is 3.83. The highest BCUT2D eigenvalue weighted by Crippen LogP contribution is 2.39. The summed E-state index contributed by atoms with van der Waals surface area (Å²) in [7, 11) is 0. The zero-order valence-electron chi connectivity index (χ0n) is 7.58. The van der Waals surface area contributed by atoms with Crippen LogP contribution in [0.15, 0.2) is 12.1 Å². The van der Waals surface area contributed by atoms with Crippen LogP contribution in [-0.2, 0) is 6.18 Å². The van der Waals surface area contributed by atoms with Crippen LogP contribution in [0.4, 0.5) is 24.5 Å². The van der Waals surface area contributed by atoms with E-state index < -0.39 is 33.6 Å². The van der Waals surface area contributed by atoms with E-state index in [9.17, 15) is 23.3 Å². The van der Waals surface area contributed by atoms with Gasteiger partial charge in [0.1, 0.15) is 17.2 Å². The smallest absolute Gasteiger partial charge is 0.398 e. The summed E-state index contributed by atoms with van der Waals surface area (Å²) in [6.45, 7) is 0. The molecule has 1 aromatic carbocycles. The van der Waals surface area contributed by atoms with Crippen molar-refractivity contribution in [3.63, 3.8) is 0 Å². The average Bonchev–Trinajstić information content (AvgIpc) is 2.14. The zero-order valence-corrected chi connectivity index (χ0v) is 7.58. The van der Waals surface area contributed by atoms with Gasteiger partial charge in [-0.15, -0.1) is 0 Å². The van der Waals surface area contributed by atoms with Gasteiger partial charge in [-0.1, -0.05) is 0 Å². The second kappa shape index (κ2) is 3.69. The minimum absolute atomic E-state index is 0.713. The summed E-state index contributed by atoms with van der Waals surface area (Å²) in [6.07, 6.45) is -4.90. The van der Waals surface area contributed by atoms with Gasteiger partial charge in [0, 0.05) is 11.8 Å². The van der Waals surface area contributed by atoms with Crippen molar-refractivity contribution in [1.29, 1.82) is 5.26 Å². The molecule has 0 amide bonds. The molecule has 8 heteroatoms. The van der Waals surface area contributed by atoms with Crippen molar-refractivity contribution in [3.05, 3.63) is 33.4 Å². The molecule has 0 fully saturated rings. The number of nitro benzene ring substituents is 1. The Hall–Kier alpha value is -2.30. The molecule has 0 aliphatic rings. The third-order valence-electron chi connectivity index (χ3n) is 1.81. The molecule has 0 saturated carbocycles. The van der Waals surface area contributed by atoms with Crippen molar-refractivity contribution >= 4 is 11.4 Å². The summed E-state index contributed by atoms with van der Waals surface area (Å²) in [5.41, 5.74) is 0.892. The van der Waals surface area contributed by atoms with E-state index in [1.165, 1.54) is 0 Å². The number of hydrogen-bond donors (Lipinski definition) is 1. The van der Waals surface area contributed by atoms with E-state index in [0.717, 1.165) is 18.2 Å². The van der Waals surface area contributed by atoms with E-state index in [-0.39, 0.29) is 0 Å². The first-order chi connectivity index (χ1) is 7.29. The van der Waals surface area contributed by atoms with Gasteiger partial charge in [0.25, 0.3) is 5.69 Å². The molecule has 1 rings (SSSR count). The van der Waals surface area contributed by atoms with Crippen LogP contribution in [0.25, 0.3) is 0 Å². The molecule has 0 radical (unpaired) electrons. The predicted molar refractivity (Wildman–Crippen MR) is 47.2 cm³/mol. The van der Waals surface area contributed by atoms with E-state index >= 15 is 0 Å². The van der Waals surface area contributed by atoms with Gasteiger partial charge in [-0.25, -0.2) is 0 Å². The monoisotopic (exact) mass is 231 g/mol. The van der Waals surface area contributed by atoms with Gasteiger partial charge in [-0.3, -0.25) is 10.1 Å². The number of nitriles is 1. The van der Waals surface area contributed by atoms with Crippen LogP contribution in [0, 0.1) is 21.4 Å². The Morgan fingerprint density at radius 3 is 2.38 bits per heavy atom. The van der Waals surface area contributed by atoms with Crippen LogP contribution in [0.1, 0.15) is 11.1 Å². The van der Waals surface area contributed by atoms with Crippen molar-refractivity contribution in [2.75, 3.05) is 5.73 Å². The average molecular weight is 231 g/mol. The third-order valence-corrected chi connectivity index (χ3v) is 1.81. The van der Waals surface area contributed by atoms with Crippen LogP contribution < -0.4 is 5.73 Å². The minimum atomic E-state index is -4.90. The quantitative estimate of drug-likeness (QED) is 0.454. The summed E-state index contributed by atoms with van der Waals surface area (Å²) in [6, 6.07) is 2.67. The van der Waals surface area contributed by atoms with Crippen LogP contribution in [0.2, 0.25) is 0 Å². The first kappa shape index (κ1) is 11.8. The number of nitrogen functional groups attached to an aromatic ring is 1. The number of nitro groups is 1. The molecule has 1 aromatic rings. The molecule has 0 aromatic heterocycles. The van der Waals surface area contributed by atoms with Crippen molar-refractivity contribution < 1.29 is 18.1 Å². The highest BCUT2D eigenvalue weighted by molar-refractivity contribution is 5.64. The van der Waals surface area contributed by atoms with Crippen molar-refractivity contribution in [2.24, 2.45) is 0 Å². The Balaban J connectivity index is 3.66. The Morgan fingerprint density at radius 1 is 1.44 bits per heavy atom. The summed E-state index contributed by atoms with van der Waals surface area (Å²) >= 11 is 0. The predicted octanol–water partition coefficient (Wildman–Crippen LogP) is 2.07. The third kappa shape index (κ3) is 1.88. The molecule has 5 nitrogen and oxygen atoms in total. The second-order valence-corrected chi connectivity index (χ2v) is 2.79. The van der Waals surface area contributed by atoms with Gasteiger partial charge in [0.15, 0.2) is 0 Å². The van der Waals surface area contributed by atoms with E-state index in [1.807, 2.05) is 0 Å². The van der Waals surface area contributed by atoms with Crippen LogP contribution in [0.5, 0.6) is 0 Å². The van der Waals surface area contributed by atoms with Crippen LogP contribution in [0.3, 0.4) is 0 Å². The maximum absolute atomic E-state index is 12.5. The normalized spacial score (nSPS) is 10.9. The van der Waals surface area contributed by atoms with E-state index in [4.69, 9.17) is 11.0 Å². The van der Waals surface area contributed by atoms with Crippen molar-refractivity contribution in [2.45, 2.75) is 6.18 Å². The Bertz CT molecular complexity index is 491. The lowest BCUT2D eigenvalue weighted by atomic mass is 10.0. The number of hydrogen-bond acceptors (Lipinski definition) is 4. The minimum Gasteiger partial charge on any atom is -0.398 e. The van der Waals surface area contributed by atoms with Gasteiger partial charge in [-0.2, -0.15) is 18.4 Å². The highest BCUT2D eigenvalue weighted by Gasteiger charge is 2.39. The largest absolute Gasteiger partial charge is 0.419 e. The summed E-state index contributed by atoms with van der Waals surface area (Å²) in [5, 5.41) is 18.9. The lowest BCUT2D eigenvalue weighted by molar-refractivity contribution is -0.385. The number of rotatable bonds is 1. The summed E-state index contributed by atoms with van der Waals surface area (Å²) < 4.78 is 37.5. The van der Waals surface area contributed by atoms with Crippen LogP contribution >= 0.6 is 0 Å². The van der Waals surface area contributed by atoms with Gasteiger partial charge < -0.3 is 5.73 Å². The SMILES string of the molecule is N#Cc1c([N+](=O)[O-])ccc(N)c1C(F)(F)F. The van der Waals surface area contributed by atoms with Gasteiger partial charge >= 0.3 is 6.18 Å². The number of benzene rings is 1. The molecular weight excluding hydrogens is 227 g/mol. The van der Waals surface area contributed by atoms with Crippen LogP contribution in [-0.4, -0.2) is 4.92 Å². The van der Waals surface area contributed by atoms with E-state index in [1.54, 1.807) is 0 Å². The lowest BCUT2D eigenvalue weighted by Crippen LogP contribution is -2.13. The molecule has 0 aliphatic carbocycles. The first-order valence-corrected chi connectivity index (χ1v) is 3.83. The van der Waals surface area contributed by atoms with Gasteiger partial charge in [0.05, 0.1) is 4.92 Å². The maximum Gasteiger partial charge on any atom is 0.419 e. The molecule has 0 saturated heterocycles. The Labute approximate surface area is 87.0 Å². The summed E-state index contributed by atoms with van der Waals surface area (Å²) in [4.78, 5) is 9.36. The number of halogens is 3. The maximum atomic E-state index is 12.5.